The molecule has 3 unspecified atom stereocenters. The van der Waals surface area contributed by atoms with E-state index in [0.29, 0.717) is 6.10 Å². The molecular weight excluding hydrogens is 231 g/mol. The molecule has 100 valence electrons. The fourth-order valence-corrected chi connectivity index (χ4v) is 2.51. The fraction of sp³-hybridized carbons (Fsp3) is 0.571. The molecule has 0 aliphatic carbocycles. The molecule has 2 N–H and O–H groups in total. The maximum Gasteiger partial charge on any atom is 0.123 e. The molecule has 0 amide bonds. The molecule has 1 aromatic rings. The summed E-state index contributed by atoms with van der Waals surface area (Å²) in [6.45, 7) is 4.05. The van der Waals surface area contributed by atoms with Crippen LogP contribution in [0.25, 0.3) is 0 Å². The van der Waals surface area contributed by atoms with E-state index in [1.54, 1.807) is 19.2 Å². The smallest absolute Gasteiger partial charge is 0.123 e. The molecule has 1 aliphatic rings. The zero-order chi connectivity index (χ0) is 13.1. The average molecular weight is 252 g/mol. The van der Waals surface area contributed by atoms with Crippen LogP contribution in [0.4, 0.5) is 4.39 Å². The molecule has 0 bridgehead atoms. The van der Waals surface area contributed by atoms with Crippen molar-refractivity contribution in [2.24, 2.45) is 5.73 Å². The molecule has 0 spiro atoms. The highest BCUT2D eigenvalue weighted by atomic mass is 19.1. The summed E-state index contributed by atoms with van der Waals surface area (Å²) < 4.78 is 18.2. The van der Waals surface area contributed by atoms with Crippen molar-refractivity contribution in [1.29, 1.82) is 0 Å². The first-order valence-corrected chi connectivity index (χ1v) is 6.39. The Bertz CT molecular complexity index is 382. The van der Waals surface area contributed by atoms with Gasteiger partial charge in [-0.25, -0.2) is 4.39 Å². The Balaban J connectivity index is 2.00. The minimum absolute atomic E-state index is 0.0961. The SMILES string of the molecule is COC1CCN(C(C)C(N)c2ccc(F)cc2)C1. The minimum Gasteiger partial charge on any atom is -0.380 e. The van der Waals surface area contributed by atoms with Crippen LogP contribution in [0.15, 0.2) is 24.3 Å². The van der Waals surface area contributed by atoms with E-state index < -0.39 is 0 Å². The standard InChI is InChI=1S/C14H21FN2O/c1-10(17-8-7-13(9-17)18-2)14(16)11-3-5-12(15)6-4-11/h3-6,10,13-14H,7-9,16H2,1-2H3. The molecule has 1 aliphatic heterocycles. The van der Waals surface area contributed by atoms with Gasteiger partial charge in [0, 0.05) is 32.3 Å². The van der Waals surface area contributed by atoms with Crippen LogP contribution in [0.2, 0.25) is 0 Å². The third kappa shape index (κ3) is 2.88. The van der Waals surface area contributed by atoms with E-state index in [1.165, 1.54) is 12.1 Å². The van der Waals surface area contributed by atoms with E-state index in [2.05, 4.69) is 11.8 Å². The molecule has 1 aromatic carbocycles. The first kappa shape index (κ1) is 13.5. The predicted octanol–water partition coefficient (Wildman–Crippen LogP) is 1.93. The van der Waals surface area contributed by atoms with E-state index in [0.717, 1.165) is 25.1 Å². The Morgan fingerprint density at radius 2 is 2.06 bits per heavy atom. The second-order valence-corrected chi connectivity index (χ2v) is 4.96. The molecule has 0 aromatic heterocycles. The lowest BCUT2D eigenvalue weighted by Gasteiger charge is -2.29. The third-order valence-corrected chi connectivity index (χ3v) is 3.86. The van der Waals surface area contributed by atoms with E-state index in [4.69, 9.17) is 10.5 Å². The zero-order valence-corrected chi connectivity index (χ0v) is 11.0. The number of likely N-dealkylation sites (tertiary alicyclic amines) is 1. The number of methoxy groups -OCH3 is 1. The lowest BCUT2D eigenvalue weighted by atomic mass is 10.0. The number of hydrogen-bond acceptors (Lipinski definition) is 3. The van der Waals surface area contributed by atoms with Crippen LogP contribution in [-0.4, -0.2) is 37.2 Å². The largest absolute Gasteiger partial charge is 0.380 e. The van der Waals surface area contributed by atoms with Gasteiger partial charge in [0.1, 0.15) is 5.82 Å². The van der Waals surface area contributed by atoms with Gasteiger partial charge in [0.2, 0.25) is 0 Å². The van der Waals surface area contributed by atoms with Crippen molar-refractivity contribution >= 4 is 0 Å². The van der Waals surface area contributed by atoms with Gasteiger partial charge >= 0.3 is 0 Å². The van der Waals surface area contributed by atoms with Crippen LogP contribution in [0, 0.1) is 5.82 Å². The number of rotatable bonds is 4. The van der Waals surface area contributed by atoms with Gasteiger partial charge < -0.3 is 10.5 Å². The second-order valence-electron chi connectivity index (χ2n) is 4.96. The maximum atomic E-state index is 12.9. The van der Waals surface area contributed by atoms with Crippen LogP contribution in [0.1, 0.15) is 24.9 Å². The molecule has 1 heterocycles. The summed E-state index contributed by atoms with van der Waals surface area (Å²) in [6.07, 6.45) is 1.37. The van der Waals surface area contributed by atoms with Crippen molar-refractivity contribution in [2.75, 3.05) is 20.2 Å². The highest BCUT2D eigenvalue weighted by molar-refractivity contribution is 5.21. The van der Waals surface area contributed by atoms with Crippen molar-refractivity contribution in [2.45, 2.75) is 31.5 Å². The van der Waals surface area contributed by atoms with E-state index in [9.17, 15) is 4.39 Å². The third-order valence-electron chi connectivity index (χ3n) is 3.86. The lowest BCUT2D eigenvalue weighted by molar-refractivity contribution is 0.0996. The summed E-state index contributed by atoms with van der Waals surface area (Å²) in [6, 6.07) is 6.59. The Labute approximate surface area is 108 Å². The fourth-order valence-electron chi connectivity index (χ4n) is 2.51. The Morgan fingerprint density at radius 3 is 2.61 bits per heavy atom. The molecule has 1 saturated heterocycles. The Hall–Kier alpha value is -0.970. The highest BCUT2D eigenvalue weighted by Gasteiger charge is 2.29. The maximum absolute atomic E-state index is 12.9. The van der Waals surface area contributed by atoms with Crippen LogP contribution in [0.5, 0.6) is 0 Å². The average Bonchev–Trinajstić information content (AvgIpc) is 2.86. The summed E-state index contributed by atoms with van der Waals surface area (Å²) in [4.78, 5) is 2.34. The lowest BCUT2D eigenvalue weighted by Crippen LogP contribution is -2.40. The zero-order valence-electron chi connectivity index (χ0n) is 11.0. The summed E-state index contributed by atoms with van der Waals surface area (Å²) >= 11 is 0. The second kappa shape index (κ2) is 5.78. The van der Waals surface area contributed by atoms with Gasteiger partial charge in [0.25, 0.3) is 0 Å². The summed E-state index contributed by atoms with van der Waals surface area (Å²) in [7, 11) is 1.75. The molecule has 1 fully saturated rings. The predicted molar refractivity (Wildman–Crippen MR) is 69.8 cm³/mol. The van der Waals surface area contributed by atoms with Crippen molar-refractivity contribution in [1.82, 2.24) is 4.90 Å². The molecule has 3 atom stereocenters. The number of nitrogens with two attached hydrogens (primary N) is 1. The topological polar surface area (TPSA) is 38.5 Å². The summed E-state index contributed by atoms with van der Waals surface area (Å²) in [5.41, 5.74) is 7.23. The number of ether oxygens (including phenoxy) is 1. The van der Waals surface area contributed by atoms with Crippen molar-refractivity contribution < 1.29 is 9.13 Å². The highest BCUT2D eigenvalue weighted by Crippen LogP contribution is 2.23. The molecule has 4 heteroatoms. The number of benzene rings is 1. The Kier molecular flexibility index (Phi) is 4.32. The number of nitrogens with zero attached hydrogens (tertiary/aromatic N) is 1. The number of hydrogen-bond donors (Lipinski definition) is 1. The first-order valence-electron chi connectivity index (χ1n) is 6.39. The molecule has 18 heavy (non-hydrogen) atoms. The molecule has 3 nitrogen and oxygen atoms in total. The van der Waals surface area contributed by atoms with Crippen molar-refractivity contribution in [3.8, 4) is 0 Å². The van der Waals surface area contributed by atoms with Crippen LogP contribution < -0.4 is 5.73 Å². The molecule has 2 rings (SSSR count). The van der Waals surface area contributed by atoms with Crippen molar-refractivity contribution in [3.63, 3.8) is 0 Å². The first-order chi connectivity index (χ1) is 8.61. The number of halogens is 1. The van der Waals surface area contributed by atoms with Crippen molar-refractivity contribution in [3.05, 3.63) is 35.6 Å². The van der Waals surface area contributed by atoms with Gasteiger partial charge in [0.15, 0.2) is 0 Å². The van der Waals surface area contributed by atoms with E-state index in [-0.39, 0.29) is 17.9 Å². The molecule has 0 radical (unpaired) electrons. The quantitative estimate of drug-likeness (QED) is 0.890. The summed E-state index contributed by atoms with van der Waals surface area (Å²) in [5.74, 6) is -0.223. The normalized spacial score (nSPS) is 24.1. The van der Waals surface area contributed by atoms with Gasteiger partial charge in [-0.2, -0.15) is 0 Å². The van der Waals surface area contributed by atoms with Gasteiger partial charge in [-0.05, 0) is 31.0 Å². The van der Waals surface area contributed by atoms with Crippen LogP contribution in [0.3, 0.4) is 0 Å². The summed E-state index contributed by atoms with van der Waals surface area (Å²) in [5, 5.41) is 0. The van der Waals surface area contributed by atoms with Crippen LogP contribution in [-0.2, 0) is 4.74 Å². The minimum atomic E-state index is -0.223. The molecule has 0 saturated carbocycles. The Morgan fingerprint density at radius 1 is 1.39 bits per heavy atom. The van der Waals surface area contributed by atoms with Gasteiger partial charge in [-0.1, -0.05) is 12.1 Å². The van der Waals surface area contributed by atoms with Gasteiger partial charge in [-0.3, -0.25) is 4.90 Å². The van der Waals surface area contributed by atoms with Crippen LogP contribution >= 0.6 is 0 Å². The van der Waals surface area contributed by atoms with E-state index >= 15 is 0 Å². The van der Waals surface area contributed by atoms with Gasteiger partial charge in [-0.15, -0.1) is 0 Å². The molecular formula is C14H21FN2O. The monoisotopic (exact) mass is 252 g/mol. The van der Waals surface area contributed by atoms with E-state index in [1.807, 2.05) is 0 Å². The van der Waals surface area contributed by atoms with Gasteiger partial charge in [0.05, 0.1) is 6.10 Å².